The Morgan fingerprint density at radius 2 is 2.20 bits per heavy atom. The predicted molar refractivity (Wildman–Crippen MR) is 90.2 cm³/mol. The zero-order valence-corrected chi connectivity index (χ0v) is 14.1. The van der Waals surface area contributed by atoms with Gasteiger partial charge in [-0.25, -0.2) is 14.2 Å². The summed E-state index contributed by atoms with van der Waals surface area (Å²) in [5.74, 6) is -0.156. The molecule has 0 bridgehead atoms. The van der Waals surface area contributed by atoms with Gasteiger partial charge >= 0.3 is 5.97 Å². The van der Waals surface area contributed by atoms with Crippen LogP contribution in [0.5, 0.6) is 5.75 Å². The van der Waals surface area contributed by atoms with E-state index in [9.17, 15) is 4.79 Å². The number of hydrogen-bond donors (Lipinski definition) is 1. The topological polar surface area (TPSA) is 98.3 Å². The summed E-state index contributed by atoms with van der Waals surface area (Å²) in [6, 6.07) is 7.59. The van der Waals surface area contributed by atoms with Crippen LogP contribution in [-0.4, -0.2) is 49.8 Å². The third-order valence-electron chi connectivity index (χ3n) is 3.65. The van der Waals surface area contributed by atoms with E-state index in [1.807, 2.05) is 42.4 Å². The van der Waals surface area contributed by atoms with Crippen LogP contribution in [0, 0.1) is 0 Å². The Hall–Kier alpha value is -3.36. The molecular formula is C16H18N6O3. The summed E-state index contributed by atoms with van der Waals surface area (Å²) in [6.45, 7) is 0.509. The van der Waals surface area contributed by atoms with Crippen LogP contribution in [0.15, 0.2) is 36.7 Å². The second kappa shape index (κ2) is 6.63. The number of nitrogens with zero attached hydrogens (tertiary/aromatic N) is 6. The highest BCUT2D eigenvalue weighted by Crippen LogP contribution is 2.17. The third kappa shape index (κ3) is 3.44. The number of hydrogen-bond acceptors (Lipinski definition) is 6. The van der Waals surface area contributed by atoms with Crippen molar-refractivity contribution in [3.8, 4) is 11.4 Å². The lowest BCUT2D eigenvalue weighted by Crippen LogP contribution is -2.20. The van der Waals surface area contributed by atoms with Gasteiger partial charge in [0.05, 0.1) is 19.0 Å². The number of carboxylic acids is 1. The van der Waals surface area contributed by atoms with E-state index in [-0.39, 0.29) is 5.82 Å². The van der Waals surface area contributed by atoms with E-state index in [1.165, 1.54) is 4.68 Å². The Bertz CT molecular complexity index is 901. The van der Waals surface area contributed by atoms with Crippen molar-refractivity contribution < 1.29 is 14.6 Å². The first-order valence-electron chi connectivity index (χ1n) is 7.51. The summed E-state index contributed by atoms with van der Waals surface area (Å²) in [7, 11) is 5.10. The highest BCUT2D eigenvalue weighted by atomic mass is 16.5. The molecule has 1 aromatic carbocycles. The lowest BCUT2D eigenvalue weighted by atomic mass is 10.3. The number of methoxy groups -OCH3 is 1. The molecule has 3 aromatic rings. The molecule has 25 heavy (non-hydrogen) atoms. The first-order chi connectivity index (χ1) is 12.0. The van der Waals surface area contributed by atoms with Crippen molar-refractivity contribution in [3.05, 3.63) is 48.0 Å². The van der Waals surface area contributed by atoms with Crippen molar-refractivity contribution in [2.45, 2.75) is 6.54 Å². The fourth-order valence-corrected chi connectivity index (χ4v) is 2.48. The van der Waals surface area contributed by atoms with E-state index in [1.54, 1.807) is 25.0 Å². The molecule has 0 aliphatic rings. The van der Waals surface area contributed by atoms with Gasteiger partial charge in [-0.05, 0) is 12.1 Å². The fraction of sp³-hybridized carbons (Fsp3) is 0.250. The van der Waals surface area contributed by atoms with Crippen molar-refractivity contribution in [1.29, 1.82) is 0 Å². The Labute approximate surface area is 144 Å². The molecule has 3 rings (SSSR count). The molecule has 2 heterocycles. The minimum Gasteiger partial charge on any atom is -0.497 e. The van der Waals surface area contributed by atoms with Crippen LogP contribution in [-0.2, 0) is 13.6 Å². The molecule has 0 aliphatic heterocycles. The van der Waals surface area contributed by atoms with Crippen LogP contribution in [0.1, 0.15) is 16.2 Å². The molecule has 1 N–H and O–H groups in total. The molecule has 2 aromatic heterocycles. The van der Waals surface area contributed by atoms with E-state index in [0.717, 1.165) is 17.0 Å². The molecule has 0 spiro atoms. The minimum absolute atomic E-state index is 0.226. The normalized spacial score (nSPS) is 10.7. The number of anilines is 1. The van der Waals surface area contributed by atoms with Crippen molar-refractivity contribution >= 4 is 11.9 Å². The van der Waals surface area contributed by atoms with Crippen molar-refractivity contribution in [3.63, 3.8) is 0 Å². The maximum atomic E-state index is 11.0. The largest absolute Gasteiger partial charge is 0.497 e. The van der Waals surface area contributed by atoms with Crippen molar-refractivity contribution in [2.75, 3.05) is 19.1 Å². The summed E-state index contributed by atoms with van der Waals surface area (Å²) in [4.78, 5) is 16.8. The van der Waals surface area contributed by atoms with Gasteiger partial charge in [0.15, 0.2) is 0 Å². The molecule has 0 atom stereocenters. The van der Waals surface area contributed by atoms with E-state index in [0.29, 0.717) is 12.5 Å². The molecule has 130 valence electrons. The predicted octanol–water partition coefficient (Wildman–Crippen LogP) is 1.34. The smallest absolute Gasteiger partial charge is 0.375 e. The second-order valence-corrected chi connectivity index (χ2v) is 5.51. The number of aryl methyl sites for hydroxylation is 1. The lowest BCUT2D eigenvalue weighted by Gasteiger charge is -2.15. The Kier molecular flexibility index (Phi) is 4.38. The maximum Gasteiger partial charge on any atom is 0.375 e. The quantitative estimate of drug-likeness (QED) is 0.722. The van der Waals surface area contributed by atoms with Gasteiger partial charge < -0.3 is 14.7 Å². The van der Waals surface area contributed by atoms with Crippen LogP contribution in [0.4, 0.5) is 5.95 Å². The number of carboxylic acid groups (broad SMARTS) is 1. The van der Waals surface area contributed by atoms with E-state index in [4.69, 9.17) is 9.84 Å². The number of aromatic carboxylic acids is 1. The monoisotopic (exact) mass is 342 g/mol. The van der Waals surface area contributed by atoms with Gasteiger partial charge in [-0.2, -0.15) is 10.1 Å². The molecule has 9 nitrogen and oxygen atoms in total. The minimum atomic E-state index is -1.15. The van der Waals surface area contributed by atoms with E-state index in [2.05, 4.69) is 15.2 Å². The van der Waals surface area contributed by atoms with E-state index >= 15 is 0 Å². The van der Waals surface area contributed by atoms with Gasteiger partial charge in [0.2, 0.25) is 5.95 Å². The molecule has 0 fully saturated rings. The van der Waals surface area contributed by atoms with Crippen molar-refractivity contribution in [1.82, 2.24) is 24.5 Å². The van der Waals surface area contributed by atoms with Gasteiger partial charge in [0.25, 0.3) is 5.82 Å². The zero-order valence-electron chi connectivity index (χ0n) is 14.1. The average Bonchev–Trinajstić information content (AvgIpc) is 3.21. The molecule has 0 saturated carbocycles. The highest BCUT2D eigenvalue weighted by molar-refractivity contribution is 5.83. The van der Waals surface area contributed by atoms with Gasteiger partial charge in [-0.3, -0.25) is 0 Å². The number of carbonyl (C=O) groups is 1. The van der Waals surface area contributed by atoms with E-state index < -0.39 is 5.97 Å². The molecule has 0 aliphatic carbocycles. The van der Waals surface area contributed by atoms with Crippen LogP contribution in [0.3, 0.4) is 0 Å². The summed E-state index contributed by atoms with van der Waals surface area (Å²) >= 11 is 0. The Morgan fingerprint density at radius 1 is 1.40 bits per heavy atom. The third-order valence-corrected chi connectivity index (χ3v) is 3.65. The average molecular weight is 342 g/mol. The molecule has 0 radical (unpaired) electrons. The highest BCUT2D eigenvalue weighted by Gasteiger charge is 2.17. The number of benzene rings is 1. The Balaban J connectivity index is 1.78. The van der Waals surface area contributed by atoms with Crippen LogP contribution in [0.2, 0.25) is 0 Å². The number of ether oxygens (including phenoxy) is 1. The van der Waals surface area contributed by atoms with Crippen LogP contribution >= 0.6 is 0 Å². The number of rotatable bonds is 6. The molecular weight excluding hydrogens is 324 g/mol. The first-order valence-corrected chi connectivity index (χ1v) is 7.51. The number of aromatic nitrogens is 5. The van der Waals surface area contributed by atoms with Gasteiger partial charge in [0, 0.05) is 38.5 Å². The fourth-order valence-electron chi connectivity index (χ4n) is 2.48. The molecule has 0 saturated heterocycles. The van der Waals surface area contributed by atoms with Gasteiger partial charge in [0.1, 0.15) is 5.75 Å². The maximum absolute atomic E-state index is 11.0. The molecule has 0 amide bonds. The standard InChI is InChI=1S/C16H18N6O3/c1-20(16-18-14(15(23)24)19-21(16)2)9-11-8-17-22(10-11)12-5-4-6-13(7-12)25-3/h4-8,10H,9H2,1-3H3,(H,23,24). The lowest BCUT2D eigenvalue weighted by molar-refractivity contribution is 0.0683. The Morgan fingerprint density at radius 3 is 2.88 bits per heavy atom. The van der Waals surface area contributed by atoms with Crippen LogP contribution < -0.4 is 9.64 Å². The first kappa shape index (κ1) is 16.5. The zero-order chi connectivity index (χ0) is 18.0. The summed E-state index contributed by atoms with van der Waals surface area (Å²) < 4.78 is 8.42. The molecule has 9 heteroatoms. The second-order valence-electron chi connectivity index (χ2n) is 5.51. The van der Waals surface area contributed by atoms with Gasteiger partial charge in [-0.1, -0.05) is 6.07 Å². The SMILES string of the molecule is COc1cccc(-n2cc(CN(C)c3nc(C(=O)O)nn3C)cn2)c1. The van der Waals surface area contributed by atoms with Gasteiger partial charge in [-0.15, -0.1) is 5.10 Å². The molecule has 0 unspecified atom stereocenters. The van der Waals surface area contributed by atoms with Crippen LogP contribution in [0.25, 0.3) is 5.69 Å². The summed E-state index contributed by atoms with van der Waals surface area (Å²) in [6.07, 6.45) is 3.66. The van der Waals surface area contributed by atoms with Crippen molar-refractivity contribution in [2.24, 2.45) is 7.05 Å². The summed E-state index contributed by atoms with van der Waals surface area (Å²) in [5.41, 5.74) is 1.84. The summed E-state index contributed by atoms with van der Waals surface area (Å²) in [5, 5.41) is 17.2.